The predicted octanol–water partition coefficient (Wildman–Crippen LogP) is 1.24. The molecule has 6 heteroatoms. The van der Waals surface area contributed by atoms with Crippen molar-refractivity contribution in [2.75, 3.05) is 33.9 Å². The highest BCUT2D eigenvalue weighted by atomic mass is 16.5. The molecule has 0 aliphatic heterocycles. The maximum absolute atomic E-state index is 5.00. The van der Waals surface area contributed by atoms with Crippen LogP contribution in [0.2, 0.25) is 0 Å². The number of fused-ring (bicyclic) bond motifs is 1. The van der Waals surface area contributed by atoms with Crippen molar-refractivity contribution in [3.8, 4) is 0 Å². The first-order valence-electron chi connectivity index (χ1n) is 7.18. The molecule has 0 unspecified atom stereocenters. The average Bonchev–Trinajstić information content (AvgIpc) is 2.93. The van der Waals surface area contributed by atoms with Gasteiger partial charge in [-0.15, -0.1) is 0 Å². The summed E-state index contributed by atoms with van der Waals surface area (Å²) in [5.41, 5.74) is 2.22. The van der Waals surface area contributed by atoms with E-state index in [0.717, 1.165) is 37.5 Å². The fourth-order valence-electron chi connectivity index (χ4n) is 2.14. The number of imidazole rings is 1. The zero-order valence-electron chi connectivity index (χ0n) is 12.7. The minimum Gasteiger partial charge on any atom is -0.383 e. The SMILES string of the molecule is CN=C(NCCCn1cnc2ccccc21)NCCOC. The second-order valence-corrected chi connectivity index (χ2v) is 4.70. The van der Waals surface area contributed by atoms with Gasteiger partial charge in [0.05, 0.1) is 24.0 Å². The van der Waals surface area contributed by atoms with Gasteiger partial charge in [0.15, 0.2) is 5.96 Å². The molecule has 0 radical (unpaired) electrons. The van der Waals surface area contributed by atoms with Crippen LogP contribution in [0.5, 0.6) is 0 Å². The Morgan fingerprint density at radius 1 is 1.29 bits per heavy atom. The number of nitrogens with zero attached hydrogens (tertiary/aromatic N) is 3. The first-order chi connectivity index (χ1) is 10.3. The number of aromatic nitrogens is 2. The lowest BCUT2D eigenvalue weighted by Crippen LogP contribution is -2.39. The normalized spacial score (nSPS) is 11.8. The van der Waals surface area contributed by atoms with E-state index in [1.54, 1.807) is 14.2 Å². The number of aryl methyl sites for hydroxylation is 1. The summed E-state index contributed by atoms with van der Waals surface area (Å²) < 4.78 is 7.18. The lowest BCUT2D eigenvalue weighted by molar-refractivity contribution is 0.203. The zero-order chi connectivity index (χ0) is 14.9. The van der Waals surface area contributed by atoms with Gasteiger partial charge >= 0.3 is 0 Å². The van der Waals surface area contributed by atoms with E-state index in [1.165, 1.54) is 5.52 Å². The Bertz CT molecular complexity index is 578. The summed E-state index contributed by atoms with van der Waals surface area (Å²) >= 11 is 0. The molecule has 21 heavy (non-hydrogen) atoms. The number of para-hydroxylation sites is 2. The number of aliphatic imine (C=N–C) groups is 1. The summed E-state index contributed by atoms with van der Waals surface area (Å²) in [5, 5.41) is 6.48. The van der Waals surface area contributed by atoms with Gasteiger partial charge < -0.3 is 19.9 Å². The molecule has 0 amide bonds. The van der Waals surface area contributed by atoms with Gasteiger partial charge in [-0.1, -0.05) is 12.1 Å². The molecule has 2 N–H and O–H groups in total. The van der Waals surface area contributed by atoms with Crippen molar-refractivity contribution in [1.82, 2.24) is 20.2 Å². The number of guanidine groups is 1. The van der Waals surface area contributed by atoms with Crippen LogP contribution in [0.3, 0.4) is 0 Å². The van der Waals surface area contributed by atoms with Crippen LogP contribution < -0.4 is 10.6 Å². The largest absolute Gasteiger partial charge is 0.383 e. The van der Waals surface area contributed by atoms with E-state index in [9.17, 15) is 0 Å². The third kappa shape index (κ3) is 4.46. The zero-order valence-corrected chi connectivity index (χ0v) is 12.7. The highest BCUT2D eigenvalue weighted by Crippen LogP contribution is 2.11. The number of rotatable bonds is 7. The molecule has 2 rings (SSSR count). The topological polar surface area (TPSA) is 63.5 Å². The van der Waals surface area contributed by atoms with Crippen molar-refractivity contribution in [2.45, 2.75) is 13.0 Å². The van der Waals surface area contributed by atoms with Gasteiger partial charge in [0, 0.05) is 33.8 Å². The summed E-state index contributed by atoms with van der Waals surface area (Å²) in [5.74, 6) is 0.808. The Morgan fingerprint density at radius 2 is 2.10 bits per heavy atom. The van der Waals surface area contributed by atoms with Crippen molar-refractivity contribution >= 4 is 17.0 Å². The maximum atomic E-state index is 5.00. The minimum absolute atomic E-state index is 0.668. The van der Waals surface area contributed by atoms with E-state index < -0.39 is 0 Å². The quantitative estimate of drug-likeness (QED) is 0.457. The van der Waals surface area contributed by atoms with Crippen molar-refractivity contribution in [2.24, 2.45) is 4.99 Å². The van der Waals surface area contributed by atoms with E-state index in [1.807, 2.05) is 24.5 Å². The van der Waals surface area contributed by atoms with Crippen LogP contribution in [0, 0.1) is 0 Å². The Balaban J connectivity index is 1.74. The highest BCUT2D eigenvalue weighted by Gasteiger charge is 2.01. The molecule has 0 aliphatic carbocycles. The fraction of sp³-hybridized carbons (Fsp3) is 0.467. The van der Waals surface area contributed by atoms with Crippen LogP contribution in [0.25, 0.3) is 11.0 Å². The number of methoxy groups -OCH3 is 1. The maximum Gasteiger partial charge on any atom is 0.191 e. The molecule has 0 aliphatic rings. The highest BCUT2D eigenvalue weighted by molar-refractivity contribution is 5.79. The Morgan fingerprint density at radius 3 is 2.90 bits per heavy atom. The summed E-state index contributed by atoms with van der Waals surface area (Å²) in [6, 6.07) is 8.18. The number of hydrogen-bond acceptors (Lipinski definition) is 3. The third-order valence-electron chi connectivity index (χ3n) is 3.22. The lowest BCUT2D eigenvalue weighted by atomic mass is 10.3. The van der Waals surface area contributed by atoms with Crippen molar-refractivity contribution in [3.63, 3.8) is 0 Å². The molecule has 0 fully saturated rings. The number of benzene rings is 1. The van der Waals surface area contributed by atoms with Gasteiger partial charge in [0.25, 0.3) is 0 Å². The summed E-state index contributed by atoms with van der Waals surface area (Å²) in [6.07, 6.45) is 2.90. The average molecular weight is 289 g/mol. The van der Waals surface area contributed by atoms with Gasteiger partial charge in [-0.3, -0.25) is 4.99 Å². The molecule has 6 nitrogen and oxygen atoms in total. The Labute approximate surface area is 125 Å². The molecule has 0 atom stereocenters. The molecular formula is C15H23N5O. The molecule has 0 bridgehead atoms. The molecular weight excluding hydrogens is 266 g/mol. The first-order valence-corrected chi connectivity index (χ1v) is 7.18. The second kappa shape index (κ2) is 8.26. The van der Waals surface area contributed by atoms with Gasteiger partial charge in [0.1, 0.15) is 0 Å². The number of hydrogen-bond donors (Lipinski definition) is 2. The van der Waals surface area contributed by atoms with Crippen molar-refractivity contribution < 1.29 is 4.74 Å². The number of nitrogens with one attached hydrogen (secondary N) is 2. The van der Waals surface area contributed by atoms with Crippen LogP contribution in [0.4, 0.5) is 0 Å². The monoisotopic (exact) mass is 289 g/mol. The molecule has 0 saturated carbocycles. The molecule has 1 heterocycles. The van der Waals surface area contributed by atoms with Gasteiger partial charge in [0.2, 0.25) is 0 Å². The van der Waals surface area contributed by atoms with E-state index in [2.05, 4.69) is 31.2 Å². The lowest BCUT2D eigenvalue weighted by Gasteiger charge is -2.11. The van der Waals surface area contributed by atoms with E-state index in [0.29, 0.717) is 6.61 Å². The van der Waals surface area contributed by atoms with Crippen molar-refractivity contribution in [3.05, 3.63) is 30.6 Å². The van der Waals surface area contributed by atoms with E-state index >= 15 is 0 Å². The second-order valence-electron chi connectivity index (χ2n) is 4.70. The van der Waals surface area contributed by atoms with E-state index in [-0.39, 0.29) is 0 Å². The van der Waals surface area contributed by atoms with Gasteiger partial charge in [-0.25, -0.2) is 4.98 Å². The summed E-state index contributed by atoms with van der Waals surface area (Å²) in [7, 11) is 3.46. The standard InChI is InChI=1S/C15H23N5O/c1-16-15(18-9-11-21-2)17-8-5-10-20-12-19-13-6-3-4-7-14(13)20/h3-4,6-7,12H,5,8-11H2,1-2H3,(H2,16,17,18). The molecule has 0 spiro atoms. The van der Waals surface area contributed by atoms with Crippen LogP contribution in [-0.4, -0.2) is 49.4 Å². The van der Waals surface area contributed by atoms with Crippen LogP contribution in [-0.2, 0) is 11.3 Å². The van der Waals surface area contributed by atoms with Crippen LogP contribution in [0.15, 0.2) is 35.6 Å². The van der Waals surface area contributed by atoms with E-state index in [4.69, 9.17) is 4.74 Å². The first kappa shape index (κ1) is 15.3. The minimum atomic E-state index is 0.668. The molecule has 114 valence electrons. The Hall–Kier alpha value is -2.08. The Kier molecular flexibility index (Phi) is 6.02. The van der Waals surface area contributed by atoms with Gasteiger partial charge in [-0.2, -0.15) is 0 Å². The third-order valence-corrected chi connectivity index (χ3v) is 3.22. The fourth-order valence-corrected chi connectivity index (χ4v) is 2.14. The van der Waals surface area contributed by atoms with Crippen molar-refractivity contribution in [1.29, 1.82) is 0 Å². The molecule has 1 aromatic heterocycles. The van der Waals surface area contributed by atoms with Gasteiger partial charge in [-0.05, 0) is 18.6 Å². The number of ether oxygens (including phenoxy) is 1. The summed E-state index contributed by atoms with van der Waals surface area (Å²) in [6.45, 7) is 3.21. The van der Waals surface area contributed by atoms with Crippen LogP contribution in [0.1, 0.15) is 6.42 Å². The van der Waals surface area contributed by atoms with Crippen LogP contribution >= 0.6 is 0 Å². The molecule has 2 aromatic rings. The molecule has 0 saturated heterocycles. The molecule has 1 aromatic carbocycles. The smallest absolute Gasteiger partial charge is 0.191 e. The summed E-state index contributed by atoms with van der Waals surface area (Å²) in [4.78, 5) is 8.56. The predicted molar refractivity (Wildman–Crippen MR) is 85.6 cm³/mol.